The van der Waals surface area contributed by atoms with Crippen LogP contribution in [-0.2, 0) is 5.41 Å². The summed E-state index contributed by atoms with van der Waals surface area (Å²) in [7, 11) is 0. The van der Waals surface area contributed by atoms with Crippen LogP contribution in [0.25, 0.3) is 5.69 Å². The van der Waals surface area contributed by atoms with Crippen LogP contribution in [0.15, 0.2) is 30.3 Å². The SMILES string of the molecule is Cc1cc(C#N)c(C)n1-c1ccc(C(C)(C)C)cc1. The van der Waals surface area contributed by atoms with Gasteiger partial charge in [-0.3, -0.25) is 0 Å². The highest BCUT2D eigenvalue weighted by Gasteiger charge is 2.14. The van der Waals surface area contributed by atoms with Gasteiger partial charge in [0.15, 0.2) is 0 Å². The molecule has 0 aliphatic carbocycles. The number of rotatable bonds is 1. The van der Waals surface area contributed by atoms with Crippen molar-refractivity contribution in [1.82, 2.24) is 4.57 Å². The zero-order chi connectivity index (χ0) is 14.2. The molecule has 1 heterocycles. The largest absolute Gasteiger partial charge is 0.317 e. The van der Waals surface area contributed by atoms with Crippen molar-refractivity contribution in [3.63, 3.8) is 0 Å². The Morgan fingerprint density at radius 1 is 1.05 bits per heavy atom. The van der Waals surface area contributed by atoms with Gasteiger partial charge in [0.25, 0.3) is 0 Å². The van der Waals surface area contributed by atoms with Gasteiger partial charge in [0.05, 0.1) is 5.56 Å². The molecule has 0 atom stereocenters. The van der Waals surface area contributed by atoms with E-state index in [9.17, 15) is 0 Å². The Labute approximate surface area is 115 Å². The second-order valence-corrected chi connectivity index (χ2v) is 6.03. The van der Waals surface area contributed by atoms with Crippen molar-refractivity contribution in [2.45, 2.75) is 40.0 Å². The molecule has 0 saturated heterocycles. The van der Waals surface area contributed by atoms with Gasteiger partial charge in [0.2, 0.25) is 0 Å². The van der Waals surface area contributed by atoms with Gasteiger partial charge in [-0.1, -0.05) is 32.9 Å². The van der Waals surface area contributed by atoms with Gasteiger partial charge in [-0.2, -0.15) is 5.26 Å². The van der Waals surface area contributed by atoms with E-state index in [1.807, 2.05) is 19.9 Å². The third-order valence-corrected chi connectivity index (χ3v) is 3.54. The lowest BCUT2D eigenvalue weighted by molar-refractivity contribution is 0.590. The van der Waals surface area contributed by atoms with E-state index in [0.29, 0.717) is 0 Å². The quantitative estimate of drug-likeness (QED) is 0.745. The first-order valence-electron chi connectivity index (χ1n) is 6.54. The topological polar surface area (TPSA) is 28.7 Å². The Hall–Kier alpha value is -2.01. The fourth-order valence-electron chi connectivity index (χ4n) is 2.38. The molecule has 2 heteroatoms. The van der Waals surface area contributed by atoms with Gasteiger partial charge < -0.3 is 4.57 Å². The number of nitriles is 1. The van der Waals surface area contributed by atoms with E-state index in [1.54, 1.807) is 0 Å². The highest BCUT2D eigenvalue weighted by atomic mass is 15.0. The van der Waals surface area contributed by atoms with E-state index in [2.05, 4.69) is 55.7 Å². The Bertz CT molecular complexity index is 632. The molecule has 0 aliphatic heterocycles. The molecule has 0 amide bonds. The van der Waals surface area contributed by atoms with Crippen molar-refractivity contribution in [2.75, 3.05) is 0 Å². The highest BCUT2D eigenvalue weighted by Crippen LogP contribution is 2.25. The van der Waals surface area contributed by atoms with E-state index >= 15 is 0 Å². The van der Waals surface area contributed by atoms with Crippen LogP contribution in [0.4, 0.5) is 0 Å². The molecule has 19 heavy (non-hydrogen) atoms. The molecule has 98 valence electrons. The maximum atomic E-state index is 9.09. The predicted molar refractivity (Wildman–Crippen MR) is 78.7 cm³/mol. The number of hydrogen-bond acceptors (Lipinski definition) is 1. The second-order valence-electron chi connectivity index (χ2n) is 6.03. The van der Waals surface area contributed by atoms with Gasteiger partial charge in [-0.05, 0) is 43.0 Å². The summed E-state index contributed by atoms with van der Waals surface area (Å²) in [5.74, 6) is 0. The third kappa shape index (κ3) is 2.42. The van der Waals surface area contributed by atoms with Gasteiger partial charge in [0, 0.05) is 17.1 Å². The summed E-state index contributed by atoms with van der Waals surface area (Å²) in [6, 6.07) is 12.8. The van der Waals surface area contributed by atoms with Crippen molar-refractivity contribution in [3.8, 4) is 11.8 Å². The zero-order valence-corrected chi connectivity index (χ0v) is 12.3. The van der Waals surface area contributed by atoms with Crippen molar-refractivity contribution in [3.05, 3.63) is 52.8 Å². The molecule has 0 unspecified atom stereocenters. The minimum atomic E-state index is 0.164. The van der Waals surface area contributed by atoms with Crippen molar-refractivity contribution < 1.29 is 0 Å². The summed E-state index contributed by atoms with van der Waals surface area (Å²) < 4.78 is 2.13. The summed E-state index contributed by atoms with van der Waals surface area (Å²) in [5.41, 5.74) is 5.44. The molecule has 2 aromatic rings. The monoisotopic (exact) mass is 252 g/mol. The Balaban J connectivity index is 2.50. The molecule has 2 nitrogen and oxygen atoms in total. The third-order valence-electron chi connectivity index (χ3n) is 3.54. The fourth-order valence-corrected chi connectivity index (χ4v) is 2.38. The first-order valence-corrected chi connectivity index (χ1v) is 6.54. The zero-order valence-electron chi connectivity index (χ0n) is 12.3. The minimum Gasteiger partial charge on any atom is -0.317 e. The maximum absolute atomic E-state index is 9.09. The summed E-state index contributed by atoms with van der Waals surface area (Å²) >= 11 is 0. The van der Waals surface area contributed by atoms with Crippen molar-refractivity contribution in [1.29, 1.82) is 5.26 Å². The average Bonchev–Trinajstić information content (AvgIpc) is 2.63. The highest BCUT2D eigenvalue weighted by molar-refractivity contribution is 5.46. The van der Waals surface area contributed by atoms with Crippen LogP contribution in [0, 0.1) is 25.2 Å². The molecular formula is C17H20N2. The summed E-state index contributed by atoms with van der Waals surface area (Å²) in [4.78, 5) is 0. The van der Waals surface area contributed by atoms with Crippen LogP contribution in [0.5, 0.6) is 0 Å². The van der Waals surface area contributed by atoms with E-state index in [-0.39, 0.29) is 5.41 Å². The lowest BCUT2D eigenvalue weighted by Gasteiger charge is -2.19. The van der Waals surface area contributed by atoms with E-state index in [4.69, 9.17) is 5.26 Å². The van der Waals surface area contributed by atoms with Gasteiger partial charge in [0.1, 0.15) is 6.07 Å². The smallest absolute Gasteiger partial charge is 0.101 e. The lowest BCUT2D eigenvalue weighted by Crippen LogP contribution is -2.11. The van der Waals surface area contributed by atoms with Crippen molar-refractivity contribution >= 4 is 0 Å². The van der Waals surface area contributed by atoms with E-state index < -0.39 is 0 Å². The van der Waals surface area contributed by atoms with E-state index in [1.165, 1.54) is 5.56 Å². The predicted octanol–water partition coefficient (Wildman–Crippen LogP) is 4.26. The molecular weight excluding hydrogens is 232 g/mol. The van der Waals surface area contributed by atoms with Gasteiger partial charge in [-0.25, -0.2) is 0 Å². The number of nitrogens with zero attached hydrogens (tertiary/aromatic N) is 2. The first-order chi connectivity index (χ1) is 8.84. The molecule has 1 aromatic heterocycles. The molecule has 0 fully saturated rings. The van der Waals surface area contributed by atoms with Crippen LogP contribution in [-0.4, -0.2) is 4.57 Å². The number of aryl methyl sites for hydroxylation is 1. The Kier molecular flexibility index (Phi) is 3.24. The van der Waals surface area contributed by atoms with Crippen LogP contribution < -0.4 is 0 Å². The molecule has 0 aliphatic rings. The van der Waals surface area contributed by atoms with Crippen LogP contribution in [0.1, 0.15) is 43.3 Å². The molecule has 0 bridgehead atoms. The lowest BCUT2D eigenvalue weighted by atomic mass is 9.87. The van der Waals surface area contributed by atoms with Crippen molar-refractivity contribution in [2.24, 2.45) is 0 Å². The Morgan fingerprint density at radius 2 is 1.63 bits per heavy atom. The summed E-state index contributed by atoms with van der Waals surface area (Å²) in [6.07, 6.45) is 0. The fraction of sp³-hybridized carbons (Fsp3) is 0.353. The molecule has 2 rings (SSSR count). The number of benzene rings is 1. The maximum Gasteiger partial charge on any atom is 0.101 e. The normalized spacial score (nSPS) is 11.4. The summed E-state index contributed by atoms with van der Waals surface area (Å²) in [5, 5.41) is 9.09. The van der Waals surface area contributed by atoms with Crippen LogP contribution in [0.2, 0.25) is 0 Å². The second kappa shape index (κ2) is 4.59. The summed E-state index contributed by atoms with van der Waals surface area (Å²) in [6.45, 7) is 10.7. The minimum absolute atomic E-state index is 0.164. The average molecular weight is 252 g/mol. The number of aromatic nitrogens is 1. The first kappa shape index (κ1) is 13.4. The van der Waals surface area contributed by atoms with Crippen LogP contribution in [0.3, 0.4) is 0 Å². The van der Waals surface area contributed by atoms with Gasteiger partial charge >= 0.3 is 0 Å². The Morgan fingerprint density at radius 3 is 2.05 bits per heavy atom. The molecule has 1 aromatic carbocycles. The van der Waals surface area contributed by atoms with Crippen LogP contribution >= 0.6 is 0 Å². The standard InChI is InChI=1S/C17H20N2/c1-12-10-14(11-18)13(2)19(12)16-8-6-15(7-9-16)17(3,4)5/h6-10H,1-5H3. The molecule has 0 saturated carbocycles. The van der Waals surface area contributed by atoms with Gasteiger partial charge in [-0.15, -0.1) is 0 Å². The molecule has 0 spiro atoms. The molecule has 0 radical (unpaired) electrons. The number of hydrogen-bond donors (Lipinski definition) is 0. The van der Waals surface area contributed by atoms with E-state index in [0.717, 1.165) is 22.6 Å². The molecule has 0 N–H and O–H groups in total.